The van der Waals surface area contributed by atoms with Crippen LogP contribution in [-0.2, 0) is 9.53 Å². The third-order valence-electron chi connectivity index (χ3n) is 2.83. The van der Waals surface area contributed by atoms with E-state index in [0.717, 1.165) is 0 Å². The summed E-state index contributed by atoms with van der Waals surface area (Å²) in [4.78, 5) is 11.8. The van der Waals surface area contributed by atoms with Gasteiger partial charge in [-0.2, -0.15) is 0 Å². The number of rotatable bonds is 7. The Hall–Kier alpha value is -0.410. The lowest BCUT2D eigenvalue weighted by atomic mass is 9.84. The molecule has 0 radical (unpaired) electrons. The van der Waals surface area contributed by atoms with E-state index in [2.05, 4.69) is 0 Å². The summed E-state index contributed by atoms with van der Waals surface area (Å²) >= 11 is 0. The Morgan fingerprint density at radius 2 is 1.93 bits per heavy atom. The molecule has 0 aliphatic rings. The van der Waals surface area contributed by atoms with Gasteiger partial charge >= 0.3 is 0 Å². The molecule has 0 aliphatic heterocycles. The van der Waals surface area contributed by atoms with Crippen LogP contribution in [0.1, 0.15) is 40.0 Å². The predicted octanol–water partition coefficient (Wildman–Crippen LogP) is 1.78. The molecule has 0 aromatic carbocycles. The van der Waals surface area contributed by atoms with Crippen molar-refractivity contribution in [1.29, 1.82) is 0 Å². The van der Waals surface area contributed by atoms with E-state index in [1.807, 2.05) is 20.8 Å². The highest BCUT2D eigenvalue weighted by Crippen LogP contribution is 2.22. The minimum Gasteiger partial charge on any atom is -0.385 e. The van der Waals surface area contributed by atoms with Crippen LogP contribution in [0.25, 0.3) is 0 Å². The van der Waals surface area contributed by atoms with Crippen LogP contribution in [-0.4, -0.2) is 30.2 Å². The summed E-state index contributed by atoms with van der Waals surface area (Å²) in [5, 5.41) is 9.98. The van der Waals surface area contributed by atoms with Crippen molar-refractivity contribution in [2.75, 3.05) is 13.7 Å². The SMILES string of the molecule is CCC(O)(CC)C(=O)C(C)CCOC. The molecule has 0 aromatic heterocycles. The molecule has 84 valence electrons. The highest BCUT2D eigenvalue weighted by atomic mass is 16.5. The highest BCUT2D eigenvalue weighted by molar-refractivity contribution is 5.88. The zero-order valence-electron chi connectivity index (χ0n) is 9.67. The third-order valence-corrected chi connectivity index (χ3v) is 2.83. The van der Waals surface area contributed by atoms with E-state index in [1.54, 1.807) is 7.11 Å². The lowest BCUT2D eigenvalue weighted by Crippen LogP contribution is -2.41. The molecule has 0 rings (SSSR count). The average Bonchev–Trinajstić information content (AvgIpc) is 2.23. The molecule has 0 aromatic rings. The average molecular weight is 202 g/mol. The van der Waals surface area contributed by atoms with Crippen molar-refractivity contribution in [3.05, 3.63) is 0 Å². The van der Waals surface area contributed by atoms with Crippen molar-refractivity contribution in [3.8, 4) is 0 Å². The normalized spacial score (nSPS) is 14.1. The smallest absolute Gasteiger partial charge is 0.167 e. The Labute approximate surface area is 86.5 Å². The fraction of sp³-hybridized carbons (Fsp3) is 0.909. The Balaban J connectivity index is 4.28. The predicted molar refractivity (Wildman–Crippen MR) is 56.2 cm³/mol. The first-order valence-electron chi connectivity index (χ1n) is 5.27. The number of hydrogen-bond acceptors (Lipinski definition) is 3. The molecule has 1 N–H and O–H groups in total. The van der Waals surface area contributed by atoms with Crippen molar-refractivity contribution >= 4 is 5.78 Å². The molecular formula is C11H22O3. The molecule has 0 bridgehead atoms. The van der Waals surface area contributed by atoms with Gasteiger partial charge in [-0.05, 0) is 19.3 Å². The maximum atomic E-state index is 11.8. The number of Topliss-reactive ketones (excluding diaryl/α,β-unsaturated/α-hetero) is 1. The fourth-order valence-electron chi connectivity index (χ4n) is 1.48. The third kappa shape index (κ3) is 3.39. The zero-order valence-corrected chi connectivity index (χ0v) is 9.67. The van der Waals surface area contributed by atoms with E-state index in [9.17, 15) is 9.90 Å². The van der Waals surface area contributed by atoms with Crippen LogP contribution in [0.4, 0.5) is 0 Å². The monoisotopic (exact) mass is 202 g/mol. The van der Waals surface area contributed by atoms with Gasteiger partial charge in [-0.3, -0.25) is 4.79 Å². The number of carbonyl (C=O) groups excluding carboxylic acids is 1. The first-order valence-corrected chi connectivity index (χ1v) is 5.27. The molecule has 14 heavy (non-hydrogen) atoms. The van der Waals surface area contributed by atoms with Crippen molar-refractivity contribution < 1.29 is 14.6 Å². The van der Waals surface area contributed by atoms with Crippen molar-refractivity contribution in [3.63, 3.8) is 0 Å². The number of aliphatic hydroxyl groups is 1. The zero-order chi connectivity index (χ0) is 11.2. The van der Waals surface area contributed by atoms with Crippen LogP contribution < -0.4 is 0 Å². The van der Waals surface area contributed by atoms with Gasteiger partial charge in [0.25, 0.3) is 0 Å². The van der Waals surface area contributed by atoms with E-state index >= 15 is 0 Å². The number of ether oxygens (including phenoxy) is 1. The molecule has 1 atom stereocenters. The van der Waals surface area contributed by atoms with Gasteiger partial charge in [0, 0.05) is 19.6 Å². The van der Waals surface area contributed by atoms with Crippen molar-refractivity contribution in [2.45, 2.75) is 45.6 Å². The molecule has 0 fully saturated rings. The summed E-state index contributed by atoms with van der Waals surface area (Å²) in [6.07, 6.45) is 1.65. The molecule has 3 heteroatoms. The molecular weight excluding hydrogens is 180 g/mol. The van der Waals surface area contributed by atoms with Crippen LogP contribution in [0.2, 0.25) is 0 Å². The quantitative estimate of drug-likeness (QED) is 0.684. The summed E-state index contributed by atoms with van der Waals surface area (Å²) in [5.74, 6) is -0.181. The molecule has 1 unspecified atom stereocenters. The number of methoxy groups -OCH3 is 1. The lowest BCUT2D eigenvalue weighted by molar-refractivity contribution is -0.142. The highest BCUT2D eigenvalue weighted by Gasteiger charge is 2.34. The summed E-state index contributed by atoms with van der Waals surface area (Å²) in [7, 11) is 1.61. The van der Waals surface area contributed by atoms with Crippen LogP contribution in [0.3, 0.4) is 0 Å². The van der Waals surface area contributed by atoms with Gasteiger partial charge < -0.3 is 9.84 Å². The number of hydrogen-bond donors (Lipinski definition) is 1. The topological polar surface area (TPSA) is 46.5 Å². The lowest BCUT2D eigenvalue weighted by Gasteiger charge is -2.26. The Morgan fingerprint density at radius 1 is 1.43 bits per heavy atom. The van der Waals surface area contributed by atoms with Crippen LogP contribution in [0.15, 0.2) is 0 Å². The maximum Gasteiger partial charge on any atom is 0.167 e. The number of carbonyl (C=O) groups is 1. The Kier molecular flexibility index (Phi) is 5.96. The number of ketones is 1. The largest absolute Gasteiger partial charge is 0.385 e. The van der Waals surface area contributed by atoms with E-state index in [1.165, 1.54) is 0 Å². The second-order valence-corrected chi connectivity index (χ2v) is 3.79. The van der Waals surface area contributed by atoms with Crippen molar-refractivity contribution in [2.24, 2.45) is 5.92 Å². The standard InChI is InChI=1S/C11H22O3/c1-5-11(13,6-2)10(12)9(3)7-8-14-4/h9,13H,5-8H2,1-4H3. The first-order chi connectivity index (χ1) is 6.51. The molecule has 0 spiro atoms. The van der Waals surface area contributed by atoms with Crippen LogP contribution in [0, 0.1) is 5.92 Å². The molecule has 0 aliphatic carbocycles. The van der Waals surface area contributed by atoms with Crippen LogP contribution >= 0.6 is 0 Å². The van der Waals surface area contributed by atoms with Gasteiger partial charge in [0.05, 0.1) is 0 Å². The maximum absolute atomic E-state index is 11.8. The van der Waals surface area contributed by atoms with Gasteiger partial charge in [-0.25, -0.2) is 0 Å². The van der Waals surface area contributed by atoms with Gasteiger partial charge in [-0.1, -0.05) is 20.8 Å². The second kappa shape index (κ2) is 6.14. The van der Waals surface area contributed by atoms with E-state index in [4.69, 9.17) is 4.74 Å². The summed E-state index contributed by atoms with van der Waals surface area (Å²) in [5.41, 5.74) is -1.13. The Bertz CT molecular complexity index is 173. The van der Waals surface area contributed by atoms with Crippen LogP contribution in [0.5, 0.6) is 0 Å². The molecule has 0 saturated heterocycles. The minimum atomic E-state index is -1.13. The molecule has 0 heterocycles. The molecule has 0 amide bonds. The molecule has 3 nitrogen and oxygen atoms in total. The summed E-state index contributed by atoms with van der Waals surface area (Å²) in [6.45, 7) is 6.09. The molecule has 0 saturated carbocycles. The van der Waals surface area contributed by atoms with Gasteiger partial charge in [-0.15, -0.1) is 0 Å². The van der Waals surface area contributed by atoms with Gasteiger partial charge in [0.2, 0.25) is 0 Å². The van der Waals surface area contributed by atoms with E-state index < -0.39 is 5.60 Å². The van der Waals surface area contributed by atoms with Crippen molar-refractivity contribution in [1.82, 2.24) is 0 Å². The minimum absolute atomic E-state index is 0.0560. The Morgan fingerprint density at radius 3 is 2.29 bits per heavy atom. The summed E-state index contributed by atoms with van der Waals surface area (Å²) in [6, 6.07) is 0. The fourth-order valence-corrected chi connectivity index (χ4v) is 1.48. The summed E-state index contributed by atoms with van der Waals surface area (Å²) < 4.78 is 4.91. The van der Waals surface area contributed by atoms with Gasteiger partial charge in [0.1, 0.15) is 5.60 Å². The van der Waals surface area contributed by atoms with Gasteiger partial charge in [0.15, 0.2) is 5.78 Å². The van der Waals surface area contributed by atoms with E-state index in [0.29, 0.717) is 25.9 Å². The first kappa shape index (κ1) is 13.6. The van der Waals surface area contributed by atoms with E-state index in [-0.39, 0.29) is 11.7 Å². The second-order valence-electron chi connectivity index (χ2n) is 3.79.